The van der Waals surface area contributed by atoms with Gasteiger partial charge in [0, 0.05) is 17.3 Å². The van der Waals surface area contributed by atoms with Gasteiger partial charge >= 0.3 is 0 Å². The lowest BCUT2D eigenvalue weighted by Crippen LogP contribution is -2.31. The van der Waals surface area contributed by atoms with E-state index in [1.165, 1.54) is 24.3 Å². The number of ether oxygens (including phenoxy) is 1. The van der Waals surface area contributed by atoms with Crippen LogP contribution in [0.2, 0.25) is 0 Å². The van der Waals surface area contributed by atoms with Gasteiger partial charge in [0.05, 0.1) is 5.39 Å². The smallest absolute Gasteiger partial charge is 0.265 e. The lowest BCUT2D eigenvalue weighted by molar-refractivity contribution is -0.122. The largest absolute Gasteiger partial charge is 0.474 e. The molecule has 1 unspecified atom stereocenters. The summed E-state index contributed by atoms with van der Waals surface area (Å²) in [6.07, 6.45) is -1.65. The summed E-state index contributed by atoms with van der Waals surface area (Å²) >= 11 is 0. The first kappa shape index (κ1) is 23.9. The van der Waals surface area contributed by atoms with E-state index in [0.29, 0.717) is 11.3 Å². The van der Waals surface area contributed by atoms with Crippen molar-refractivity contribution in [3.05, 3.63) is 93.4 Å². The monoisotopic (exact) mass is 489 g/mol. The van der Waals surface area contributed by atoms with Crippen molar-refractivity contribution >= 4 is 22.6 Å². The van der Waals surface area contributed by atoms with E-state index in [9.17, 15) is 31.5 Å². The normalized spacial score (nSPS) is 12.0. The van der Waals surface area contributed by atoms with E-state index in [0.717, 1.165) is 12.5 Å². The molecule has 0 radical (unpaired) electrons. The van der Waals surface area contributed by atoms with Gasteiger partial charge < -0.3 is 14.5 Å². The van der Waals surface area contributed by atoms with Crippen LogP contribution < -0.4 is 15.5 Å². The van der Waals surface area contributed by atoms with Crippen LogP contribution in [-0.4, -0.2) is 12.0 Å². The second kappa shape index (κ2) is 9.21. The van der Waals surface area contributed by atoms with Gasteiger partial charge in [0.25, 0.3) is 5.91 Å². The van der Waals surface area contributed by atoms with Crippen molar-refractivity contribution < 1.29 is 35.9 Å². The maximum Gasteiger partial charge on any atom is 0.265 e. The van der Waals surface area contributed by atoms with E-state index in [-0.39, 0.29) is 22.1 Å². The van der Waals surface area contributed by atoms with Gasteiger partial charge in [-0.2, -0.15) is 8.78 Å². The number of amides is 1. The first-order chi connectivity index (χ1) is 16.6. The summed E-state index contributed by atoms with van der Waals surface area (Å²) in [4.78, 5) is 25.1. The van der Waals surface area contributed by atoms with Crippen LogP contribution >= 0.6 is 0 Å². The van der Waals surface area contributed by atoms with Crippen LogP contribution in [0.25, 0.3) is 22.3 Å². The van der Waals surface area contributed by atoms with Crippen LogP contribution in [0.1, 0.15) is 12.5 Å². The predicted octanol–water partition coefficient (Wildman–Crippen LogP) is 5.87. The van der Waals surface area contributed by atoms with Crippen molar-refractivity contribution in [3.8, 4) is 17.1 Å². The lowest BCUT2D eigenvalue weighted by Gasteiger charge is -2.16. The Labute approximate surface area is 194 Å². The molecule has 0 aliphatic rings. The molecule has 0 aliphatic carbocycles. The summed E-state index contributed by atoms with van der Waals surface area (Å²) in [7, 11) is 0. The number of benzene rings is 3. The zero-order chi connectivity index (χ0) is 25.4. The van der Waals surface area contributed by atoms with Crippen LogP contribution in [0.4, 0.5) is 27.6 Å². The highest BCUT2D eigenvalue weighted by molar-refractivity contribution is 5.96. The Morgan fingerprint density at radius 1 is 0.914 bits per heavy atom. The minimum atomic E-state index is -2.34. The maximum atomic E-state index is 13.8. The van der Waals surface area contributed by atoms with Gasteiger partial charge in [-0.3, -0.25) is 9.59 Å². The molecule has 1 heterocycles. The van der Waals surface area contributed by atoms with E-state index in [4.69, 9.17) is 9.15 Å². The third-order valence-electron chi connectivity index (χ3n) is 5.13. The van der Waals surface area contributed by atoms with Gasteiger partial charge in [-0.15, -0.1) is 0 Å². The van der Waals surface area contributed by atoms with Crippen LogP contribution in [0, 0.1) is 36.0 Å². The van der Waals surface area contributed by atoms with Crippen molar-refractivity contribution in [2.24, 2.45) is 0 Å². The number of halogens is 5. The Morgan fingerprint density at radius 2 is 1.57 bits per heavy atom. The van der Waals surface area contributed by atoms with Crippen molar-refractivity contribution in [2.75, 3.05) is 5.32 Å². The zero-order valence-electron chi connectivity index (χ0n) is 18.2. The van der Waals surface area contributed by atoms with Gasteiger partial charge in [-0.05, 0) is 38.1 Å². The highest BCUT2D eigenvalue weighted by atomic mass is 19.2. The van der Waals surface area contributed by atoms with Crippen molar-refractivity contribution in [1.82, 2.24) is 0 Å². The Bertz CT molecular complexity index is 1500. The molecule has 1 amide bonds. The number of nitrogens with one attached hydrogen (secondary N) is 1. The molecule has 0 aliphatic heterocycles. The fourth-order valence-corrected chi connectivity index (χ4v) is 3.34. The third-order valence-corrected chi connectivity index (χ3v) is 5.13. The molecule has 4 rings (SSSR count). The third kappa shape index (κ3) is 4.59. The minimum absolute atomic E-state index is 0.117. The molecule has 10 heteroatoms. The fourth-order valence-electron chi connectivity index (χ4n) is 3.34. The highest BCUT2D eigenvalue weighted by Crippen LogP contribution is 2.30. The summed E-state index contributed by atoms with van der Waals surface area (Å²) in [6, 6.07) is 12.8. The molecule has 0 saturated carbocycles. The summed E-state index contributed by atoms with van der Waals surface area (Å²) in [6.45, 7) is 2.95. The van der Waals surface area contributed by atoms with Gasteiger partial charge in [0.1, 0.15) is 11.3 Å². The van der Waals surface area contributed by atoms with E-state index in [1.54, 1.807) is 6.07 Å². The number of carbonyl (C=O) groups is 1. The average molecular weight is 489 g/mol. The molecule has 0 bridgehead atoms. The molecule has 0 spiro atoms. The average Bonchev–Trinajstić information content (AvgIpc) is 2.84. The van der Waals surface area contributed by atoms with Crippen LogP contribution in [0.3, 0.4) is 0 Å². The van der Waals surface area contributed by atoms with Crippen molar-refractivity contribution in [3.63, 3.8) is 0 Å². The molecule has 1 atom stereocenters. The summed E-state index contributed by atoms with van der Waals surface area (Å²) < 4.78 is 78.1. The van der Waals surface area contributed by atoms with Gasteiger partial charge in [0.15, 0.2) is 17.3 Å². The van der Waals surface area contributed by atoms with E-state index >= 15 is 0 Å². The first-order valence-corrected chi connectivity index (χ1v) is 10.2. The summed E-state index contributed by atoms with van der Waals surface area (Å²) in [5.41, 5.74) is 1.67. The lowest BCUT2D eigenvalue weighted by atomic mass is 10.1. The van der Waals surface area contributed by atoms with E-state index in [1.807, 2.05) is 25.1 Å². The number of hydrogen-bond acceptors (Lipinski definition) is 4. The number of aryl methyl sites for hydroxylation is 1. The van der Waals surface area contributed by atoms with Gasteiger partial charge in [-0.1, -0.05) is 23.8 Å². The summed E-state index contributed by atoms with van der Waals surface area (Å²) in [5.74, 6) is -13.3. The number of anilines is 1. The Morgan fingerprint density at radius 3 is 2.23 bits per heavy atom. The van der Waals surface area contributed by atoms with Crippen molar-refractivity contribution in [1.29, 1.82) is 0 Å². The van der Waals surface area contributed by atoms with E-state index < -0.39 is 46.8 Å². The molecular formula is C25H16F5NO4. The molecule has 0 fully saturated rings. The molecule has 35 heavy (non-hydrogen) atoms. The molecule has 0 saturated heterocycles. The standard InChI is InChI=1S/C25H16F5NO4/c1-11-4-3-5-13(8-11)18-10-16(32)15-9-14(6-7-17(15)35-18)31-25(33)12(2)34-24-22(29)20(27)19(26)21(28)23(24)30/h3-10,12H,1-2H3,(H,31,33). The quantitative estimate of drug-likeness (QED) is 0.216. The van der Waals surface area contributed by atoms with Crippen molar-refractivity contribution in [2.45, 2.75) is 20.0 Å². The molecule has 4 aromatic rings. The minimum Gasteiger partial charge on any atom is -0.474 e. The molecular weight excluding hydrogens is 473 g/mol. The Kier molecular flexibility index (Phi) is 6.29. The highest BCUT2D eigenvalue weighted by Gasteiger charge is 2.29. The Hall–Kier alpha value is -4.21. The Balaban J connectivity index is 1.57. The molecule has 180 valence electrons. The number of fused-ring (bicyclic) bond motifs is 1. The van der Waals surface area contributed by atoms with Gasteiger partial charge in [-0.25, -0.2) is 13.2 Å². The molecule has 5 nitrogen and oxygen atoms in total. The van der Waals surface area contributed by atoms with Gasteiger partial charge in [0.2, 0.25) is 29.1 Å². The first-order valence-electron chi connectivity index (χ1n) is 10.2. The molecule has 1 N–H and O–H groups in total. The fraction of sp³-hybridized carbons (Fsp3) is 0.120. The predicted molar refractivity (Wildman–Crippen MR) is 118 cm³/mol. The van der Waals surface area contributed by atoms with E-state index in [2.05, 4.69) is 5.32 Å². The second-order valence-corrected chi connectivity index (χ2v) is 7.70. The number of hydrogen-bond donors (Lipinski definition) is 1. The topological polar surface area (TPSA) is 68.5 Å². The summed E-state index contributed by atoms with van der Waals surface area (Å²) in [5, 5.41) is 2.51. The zero-order valence-corrected chi connectivity index (χ0v) is 18.2. The second-order valence-electron chi connectivity index (χ2n) is 7.70. The number of rotatable bonds is 5. The van der Waals surface area contributed by atoms with Crippen LogP contribution in [0.5, 0.6) is 5.75 Å². The van der Waals surface area contributed by atoms with Crippen LogP contribution in [0.15, 0.2) is 57.7 Å². The van der Waals surface area contributed by atoms with Crippen LogP contribution in [-0.2, 0) is 4.79 Å². The maximum absolute atomic E-state index is 13.8. The molecule has 3 aromatic carbocycles. The number of carbonyl (C=O) groups excluding carboxylic acids is 1. The SMILES string of the molecule is Cc1cccc(-c2cc(=O)c3cc(NC(=O)C(C)Oc4c(F)c(F)c(F)c(F)c4F)ccc3o2)c1. The molecule has 1 aromatic heterocycles.